The zero-order valence-corrected chi connectivity index (χ0v) is 17.3. The van der Waals surface area contributed by atoms with Crippen LogP contribution in [0.4, 0.5) is 0 Å². The number of carbonyl (C=O) groups excluding carboxylic acids is 2. The van der Waals surface area contributed by atoms with E-state index in [0.29, 0.717) is 21.9 Å². The predicted molar refractivity (Wildman–Crippen MR) is 116 cm³/mol. The van der Waals surface area contributed by atoms with Gasteiger partial charge in [0.15, 0.2) is 0 Å². The molecule has 8 heteroatoms. The minimum absolute atomic E-state index is 0.181. The molecule has 152 valence electrons. The average Bonchev–Trinajstić information content (AvgIpc) is 2.74. The summed E-state index contributed by atoms with van der Waals surface area (Å²) >= 11 is 11.9. The van der Waals surface area contributed by atoms with Gasteiger partial charge >= 0.3 is 5.97 Å². The number of rotatable bonds is 6. The SMILES string of the molecule is COc1ccc(C(=O)N/N=C/c2ccccc2OC(=O)c2ccc(Cl)cc2Cl)cc1. The van der Waals surface area contributed by atoms with Gasteiger partial charge in [0, 0.05) is 16.1 Å². The molecule has 0 radical (unpaired) electrons. The van der Waals surface area contributed by atoms with Crippen LogP contribution in [0, 0.1) is 0 Å². The summed E-state index contributed by atoms with van der Waals surface area (Å²) in [5.74, 6) is -0.126. The normalized spacial score (nSPS) is 10.6. The van der Waals surface area contributed by atoms with Gasteiger partial charge in [0.2, 0.25) is 0 Å². The molecule has 0 aliphatic carbocycles. The Balaban J connectivity index is 1.70. The predicted octanol–water partition coefficient (Wildman–Crippen LogP) is 4.99. The van der Waals surface area contributed by atoms with Gasteiger partial charge in [0.25, 0.3) is 5.91 Å². The van der Waals surface area contributed by atoms with Gasteiger partial charge in [-0.3, -0.25) is 4.79 Å². The van der Waals surface area contributed by atoms with E-state index in [2.05, 4.69) is 10.5 Å². The summed E-state index contributed by atoms with van der Waals surface area (Å²) in [6.45, 7) is 0. The summed E-state index contributed by atoms with van der Waals surface area (Å²) < 4.78 is 10.5. The van der Waals surface area contributed by atoms with E-state index >= 15 is 0 Å². The molecule has 6 nitrogen and oxygen atoms in total. The highest BCUT2D eigenvalue weighted by Gasteiger charge is 2.15. The maximum Gasteiger partial charge on any atom is 0.345 e. The first kappa shape index (κ1) is 21.4. The van der Waals surface area contributed by atoms with Crippen molar-refractivity contribution < 1.29 is 19.1 Å². The highest BCUT2D eigenvalue weighted by molar-refractivity contribution is 6.36. The summed E-state index contributed by atoms with van der Waals surface area (Å²) in [6.07, 6.45) is 1.38. The third-order valence-electron chi connectivity index (χ3n) is 3.99. The first-order valence-corrected chi connectivity index (χ1v) is 9.47. The number of hydrogen-bond donors (Lipinski definition) is 1. The lowest BCUT2D eigenvalue weighted by molar-refractivity contribution is 0.0734. The summed E-state index contributed by atoms with van der Waals surface area (Å²) in [7, 11) is 1.55. The van der Waals surface area contributed by atoms with Gasteiger partial charge in [-0.25, -0.2) is 10.2 Å². The monoisotopic (exact) mass is 442 g/mol. The Hall–Kier alpha value is -3.35. The molecule has 0 atom stereocenters. The molecule has 0 aromatic heterocycles. The molecule has 0 saturated heterocycles. The number of amides is 1. The maximum absolute atomic E-state index is 12.4. The van der Waals surface area contributed by atoms with Gasteiger partial charge in [0.1, 0.15) is 11.5 Å². The molecule has 0 aliphatic rings. The molecule has 30 heavy (non-hydrogen) atoms. The maximum atomic E-state index is 12.4. The van der Waals surface area contributed by atoms with Crippen molar-refractivity contribution in [1.29, 1.82) is 0 Å². The lowest BCUT2D eigenvalue weighted by Crippen LogP contribution is -2.17. The van der Waals surface area contributed by atoms with E-state index in [1.54, 1.807) is 61.7 Å². The number of ether oxygens (including phenoxy) is 2. The quantitative estimate of drug-likeness (QED) is 0.252. The van der Waals surface area contributed by atoms with Gasteiger partial charge in [-0.2, -0.15) is 5.10 Å². The van der Waals surface area contributed by atoms with Crippen molar-refractivity contribution in [1.82, 2.24) is 5.43 Å². The second-order valence-corrected chi connectivity index (χ2v) is 6.82. The summed E-state index contributed by atoms with van der Waals surface area (Å²) in [5, 5.41) is 4.54. The lowest BCUT2D eigenvalue weighted by Gasteiger charge is -2.08. The van der Waals surface area contributed by atoms with Gasteiger partial charge < -0.3 is 9.47 Å². The van der Waals surface area contributed by atoms with Gasteiger partial charge in [-0.05, 0) is 54.6 Å². The third kappa shape index (κ3) is 5.37. The number of halogens is 2. The van der Waals surface area contributed by atoms with Crippen molar-refractivity contribution in [3.05, 3.63) is 93.5 Å². The van der Waals surface area contributed by atoms with Crippen LogP contribution in [-0.4, -0.2) is 25.2 Å². The molecule has 0 fully saturated rings. The standard InChI is InChI=1S/C22H16Cl2N2O4/c1-29-17-9-6-14(7-10-17)21(27)26-25-13-15-4-2-3-5-20(15)30-22(28)18-11-8-16(23)12-19(18)24/h2-13H,1H3,(H,26,27)/b25-13+. The average molecular weight is 443 g/mol. The fourth-order valence-corrected chi connectivity index (χ4v) is 2.94. The van der Waals surface area contributed by atoms with Gasteiger partial charge in [-0.1, -0.05) is 35.3 Å². The van der Waals surface area contributed by atoms with Crippen molar-refractivity contribution in [3.8, 4) is 11.5 Å². The van der Waals surface area contributed by atoms with E-state index < -0.39 is 11.9 Å². The van der Waals surface area contributed by atoms with Crippen molar-refractivity contribution in [2.45, 2.75) is 0 Å². The largest absolute Gasteiger partial charge is 0.497 e. The van der Waals surface area contributed by atoms with E-state index in [0.717, 1.165) is 0 Å². The Bertz CT molecular complexity index is 1100. The molecule has 3 rings (SSSR count). The molecular formula is C22H16Cl2N2O4. The third-order valence-corrected chi connectivity index (χ3v) is 4.54. The smallest absolute Gasteiger partial charge is 0.345 e. The topological polar surface area (TPSA) is 77.0 Å². The van der Waals surface area contributed by atoms with Crippen molar-refractivity contribution >= 4 is 41.3 Å². The number of para-hydroxylation sites is 1. The summed E-state index contributed by atoms with van der Waals surface area (Å²) in [5.41, 5.74) is 3.52. The molecule has 0 saturated carbocycles. The summed E-state index contributed by atoms with van der Waals surface area (Å²) in [4.78, 5) is 24.6. The van der Waals surface area contributed by atoms with Crippen LogP contribution in [0.15, 0.2) is 71.8 Å². The van der Waals surface area contributed by atoms with E-state index in [1.165, 1.54) is 18.3 Å². The Labute approximate surface area is 183 Å². The van der Waals surface area contributed by atoms with Crippen LogP contribution >= 0.6 is 23.2 Å². The Morgan fingerprint density at radius 3 is 2.43 bits per heavy atom. The Morgan fingerprint density at radius 1 is 1.00 bits per heavy atom. The van der Waals surface area contributed by atoms with Crippen LogP contribution in [-0.2, 0) is 0 Å². The number of benzene rings is 3. The Morgan fingerprint density at radius 2 is 1.73 bits per heavy atom. The molecule has 0 spiro atoms. The minimum Gasteiger partial charge on any atom is -0.497 e. The molecular weight excluding hydrogens is 427 g/mol. The molecule has 0 unspecified atom stereocenters. The molecule has 1 N–H and O–H groups in total. The van der Waals surface area contributed by atoms with E-state index in [1.807, 2.05) is 0 Å². The fraction of sp³-hybridized carbons (Fsp3) is 0.0455. The van der Waals surface area contributed by atoms with Crippen LogP contribution < -0.4 is 14.9 Å². The van der Waals surface area contributed by atoms with Crippen LogP contribution in [0.25, 0.3) is 0 Å². The van der Waals surface area contributed by atoms with Gasteiger partial charge in [-0.15, -0.1) is 0 Å². The zero-order valence-electron chi connectivity index (χ0n) is 15.8. The summed E-state index contributed by atoms with van der Waals surface area (Å²) in [6, 6.07) is 17.8. The highest BCUT2D eigenvalue weighted by atomic mass is 35.5. The van der Waals surface area contributed by atoms with Crippen molar-refractivity contribution in [3.63, 3.8) is 0 Å². The number of nitrogens with one attached hydrogen (secondary N) is 1. The number of nitrogens with zero attached hydrogens (tertiary/aromatic N) is 1. The first-order chi connectivity index (χ1) is 14.5. The molecule has 0 heterocycles. The zero-order chi connectivity index (χ0) is 21.5. The van der Waals surface area contributed by atoms with Crippen molar-refractivity contribution in [2.75, 3.05) is 7.11 Å². The van der Waals surface area contributed by atoms with Crippen molar-refractivity contribution in [2.24, 2.45) is 5.10 Å². The second kappa shape index (κ2) is 9.91. The van der Waals surface area contributed by atoms with Crippen LogP contribution in [0.2, 0.25) is 10.0 Å². The number of methoxy groups -OCH3 is 1. The second-order valence-electron chi connectivity index (χ2n) is 5.98. The van der Waals surface area contributed by atoms with E-state index in [4.69, 9.17) is 32.7 Å². The van der Waals surface area contributed by atoms with E-state index in [9.17, 15) is 9.59 Å². The highest BCUT2D eigenvalue weighted by Crippen LogP contribution is 2.24. The number of esters is 1. The number of hydrazone groups is 1. The molecule has 3 aromatic carbocycles. The van der Waals surface area contributed by atoms with Crippen LogP contribution in [0.1, 0.15) is 26.3 Å². The number of hydrogen-bond acceptors (Lipinski definition) is 5. The molecule has 3 aromatic rings. The lowest BCUT2D eigenvalue weighted by atomic mass is 10.2. The minimum atomic E-state index is -0.639. The van der Waals surface area contributed by atoms with Crippen LogP contribution in [0.5, 0.6) is 11.5 Å². The van der Waals surface area contributed by atoms with Crippen LogP contribution in [0.3, 0.4) is 0 Å². The first-order valence-electron chi connectivity index (χ1n) is 8.71. The Kier molecular flexibility index (Phi) is 7.06. The number of carbonyl (C=O) groups is 2. The van der Waals surface area contributed by atoms with E-state index in [-0.39, 0.29) is 16.3 Å². The molecule has 1 amide bonds. The fourth-order valence-electron chi connectivity index (χ4n) is 2.46. The molecule has 0 bridgehead atoms. The molecule has 0 aliphatic heterocycles. The van der Waals surface area contributed by atoms with Gasteiger partial charge in [0.05, 0.1) is 23.9 Å².